The maximum atomic E-state index is 11.5. The monoisotopic (exact) mass is 388 g/mol. The summed E-state index contributed by atoms with van der Waals surface area (Å²) in [6.07, 6.45) is 1.61. The Labute approximate surface area is 162 Å². The van der Waals surface area contributed by atoms with Crippen LogP contribution in [0.5, 0.6) is 0 Å². The van der Waals surface area contributed by atoms with Crippen LogP contribution >= 0.6 is 11.6 Å². The molecule has 1 aliphatic rings. The van der Waals surface area contributed by atoms with Crippen molar-refractivity contribution < 1.29 is 14.5 Å². The standard InChI is InChI=1S/C20H21ClN2O4/c1-14(24)15-2-7-18(19(12-15)23(25)26)22-13-20(8-10-27-11-9-20)16-3-5-17(21)6-4-16/h2-7,12,22H,8-11,13H2,1H3. The predicted octanol–water partition coefficient (Wildman–Crippen LogP) is 4.61. The Kier molecular flexibility index (Phi) is 5.77. The fraction of sp³-hybridized carbons (Fsp3) is 0.350. The first-order valence-electron chi connectivity index (χ1n) is 8.78. The van der Waals surface area contributed by atoms with E-state index in [1.807, 2.05) is 24.3 Å². The number of Topliss-reactive ketones (excluding diaryl/α,β-unsaturated/α-hetero) is 1. The quantitative estimate of drug-likeness (QED) is 0.444. The lowest BCUT2D eigenvalue weighted by Gasteiger charge is -2.38. The highest BCUT2D eigenvalue weighted by Gasteiger charge is 2.35. The number of benzene rings is 2. The van der Waals surface area contributed by atoms with Gasteiger partial charge in [0.1, 0.15) is 5.69 Å². The van der Waals surface area contributed by atoms with Crippen LogP contribution in [0.25, 0.3) is 0 Å². The van der Waals surface area contributed by atoms with Crippen LogP contribution in [-0.4, -0.2) is 30.5 Å². The summed E-state index contributed by atoms with van der Waals surface area (Å²) in [5.41, 5.74) is 1.57. The Balaban J connectivity index is 1.89. The van der Waals surface area contributed by atoms with Gasteiger partial charge in [0.25, 0.3) is 5.69 Å². The Morgan fingerprint density at radius 2 is 1.89 bits per heavy atom. The summed E-state index contributed by atoms with van der Waals surface area (Å²) in [7, 11) is 0. The lowest BCUT2D eigenvalue weighted by atomic mass is 9.74. The van der Waals surface area contributed by atoms with Gasteiger partial charge < -0.3 is 10.1 Å². The number of rotatable bonds is 6. The van der Waals surface area contributed by atoms with Gasteiger partial charge in [0.2, 0.25) is 0 Å². The van der Waals surface area contributed by atoms with Gasteiger partial charge in [-0.05, 0) is 49.6 Å². The van der Waals surface area contributed by atoms with E-state index in [9.17, 15) is 14.9 Å². The summed E-state index contributed by atoms with van der Waals surface area (Å²) in [4.78, 5) is 22.5. The third-order valence-electron chi connectivity index (χ3n) is 5.12. The molecule has 0 radical (unpaired) electrons. The lowest BCUT2D eigenvalue weighted by Crippen LogP contribution is -2.40. The summed E-state index contributed by atoms with van der Waals surface area (Å²) < 4.78 is 5.53. The molecule has 1 fully saturated rings. The third kappa shape index (κ3) is 4.28. The van der Waals surface area contributed by atoms with E-state index in [0.717, 1.165) is 18.4 Å². The number of anilines is 1. The molecule has 142 valence electrons. The molecule has 0 spiro atoms. The van der Waals surface area contributed by atoms with Crippen molar-refractivity contribution in [3.8, 4) is 0 Å². The molecule has 6 nitrogen and oxygen atoms in total. The first kappa shape index (κ1) is 19.3. The van der Waals surface area contributed by atoms with Crippen molar-refractivity contribution >= 4 is 28.8 Å². The number of nitro groups is 1. The summed E-state index contributed by atoms with van der Waals surface area (Å²) in [5, 5.41) is 15.4. The number of ketones is 1. The van der Waals surface area contributed by atoms with Crippen LogP contribution in [0.15, 0.2) is 42.5 Å². The highest BCUT2D eigenvalue weighted by Crippen LogP contribution is 2.37. The fourth-order valence-corrected chi connectivity index (χ4v) is 3.57. The minimum Gasteiger partial charge on any atom is -0.381 e. The van der Waals surface area contributed by atoms with E-state index in [-0.39, 0.29) is 16.9 Å². The van der Waals surface area contributed by atoms with E-state index in [1.165, 1.54) is 13.0 Å². The third-order valence-corrected chi connectivity index (χ3v) is 5.38. The number of ether oxygens (including phenoxy) is 1. The largest absolute Gasteiger partial charge is 0.381 e. The summed E-state index contributed by atoms with van der Waals surface area (Å²) in [6.45, 7) is 3.19. The van der Waals surface area contributed by atoms with E-state index in [2.05, 4.69) is 5.32 Å². The van der Waals surface area contributed by atoms with Gasteiger partial charge in [-0.15, -0.1) is 0 Å². The van der Waals surface area contributed by atoms with Crippen LogP contribution in [0, 0.1) is 10.1 Å². The average Bonchev–Trinajstić information content (AvgIpc) is 2.67. The number of hydrogen-bond donors (Lipinski definition) is 1. The van der Waals surface area contributed by atoms with E-state index < -0.39 is 4.92 Å². The van der Waals surface area contributed by atoms with Gasteiger partial charge in [-0.25, -0.2) is 0 Å². The SMILES string of the molecule is CC(=O)c1ccc(NCC2(c3ccc(Cl)cc3)CCOCC2)c([N+](=O)[O-])c1. The normalized spacial score (nSPS) is 15.9. The molecule has 0 aliphatic carbocycles. The number of carbonyl (C=O) groups is 1. The van der Waals surface area contributed by atoms with E-state index in [0.29, 0.717) is 36.0 Å². The molecule has 2 aromatic rings. The van der Waals surface area contributed by atoms with Crippen LogP contribution in [0.3, 0.4) is 0 Å². The van der Waals surface area contributed by atoms with Crippen molar-refractivity contribution in [2.45, 2.75) is 25.2 Å². The van der Waals surface area contributed by atoms with Crippen LogP contribution in [-0.2, 0) is 10.2 Å². The van der Waals surface area contributed by atoms with Gasteiger partial charge >= 0.3 is 0 Å². The molecule has 1 saturated heterocycles. The first-order valence-corrected chi connectivity index (χ1v) is 9.16. The zero-order valence-corrected chi connectivity index (χ0v) is 15.8. The van der Waals surface area contributed by atoms with Crippen molar-refractivity contribution in [3.05, 3.63) is 68.7 Å². The number of halogens is 1. The molecular weight excluding hydrogens is 368 g/mol. The molecule has 0 amide bonds. The lowest BCUT2D eigenvalue weighted by molar-refractivity contribution is -0.384. The highest BCUT2D eigenvalue weighted by molar-refractivity contribution is 6.30. The second-order valence-electron chi connectivity index (χ2n) is 6.80. The Morgan fingerprint density at radius 1 is 1.22 bits per heavy atom. The minimum absolute atomic E-state index is 0.0963. The molecule has 1 N–H and O–H groups in total. The molecule has 0 atom stereocenters. The number of carbonyl (C=O) groups excluding carboxylic acids is 1. The predicted molar refractivity (Wildman–Crippen MR) is 105 cm³/mol. The fourth-order valence-electron chi connectivity index (χ4n) is 3.45. The molecule has 0 unspecified atom stereocenters. The molecule has 0 saturated carbocycles. The average molecular weight is 389 g/mol. The maximum Gasteiger partial charge on any atom is 0.293 e. The van der Waals surface area contributed by atoms with E-state index in [1.54, 1.807) is 12.1 Å². The van der Waals surface area contributed by atoms with Crippen molar-refractivity contribution in [2.24, 2.45) is 0 Å². The molecule has 3 rings (SSSR count). The van der Waals surface area contributed by atoms with Crippen molar-refractivity contribution in [2.75, 3.05) is 25.1 Å². The zero-order chi connectivity index (χ0) is 19.4. The molecule has 1 heterocycles. The van der Waals surface area contributed by atoms with E-state index >= 15 is 0 Å². The molecule has 0 bridgehead atoms. The number of nitrogens with zero attached hydrogens (tertiary/aromatic N) is 1. The Morgan fingerprint density at radius 3 is 2.48 bits per heavy atom. The number of nitro benzene ring substituents is 1. The minimum atomic E-state index is -0.465. The zero-order valence-electron chi connectivity index (χ0n) is 15.0. The van der Waals surface area contributed by atoms with E-state index in [4.69, 9.17) is 16.3 Å². The van der Waals surface area contributed by atoms with Gasteiger partial charge in [0, 0.05) is 41.8 Å². The molecule has 27 heavy (non-hydrogen) atoms. The molecule has 1 aliphatic heterocycles. The molecular formula is C20H21ClN2O4. The van der Waals surface area contributed by atoms with Gasteiger partial charge in [0.15, 0.2) is 5.78 Å². The highest BCUT2D eigenvalue weighted by atomic mass is 35.5. The Bertz CT molecular complexity index is 846. The summed E-state index contributed by atoms with van der Waals surface area (Å²) in [6, 6.07) is 12.3. The van der Waals surface area contributed by atoms with Crippen molar-refractivity contribution in [3.63, 3.8) is 0 Å². The van der Waals surface area contributed by atoms with Crippen molar-refractivity contribution in [1.29, 1.82) is 0 Å². The second kappa shape index (κ2) is 8.06. The van der Waals surface area contributed by atoms with Crippen molar-refractivity contribution in [1.82, 2.24) is 0 Å². The Hall–Kier alpha value is -2.44. The van der Waals surface area contributed by atoms with Gasteiger partial charge in [0.05, 0.1) is 4.92 Å². The van der Waals surface area contributed by atoms with Crippen LogP contribution in [0.1, 0.15) is 35.7 Å². The molecule has 0 aromatic heterocycles. The molecule has 2 aromatic carbocycles. The molecule has 7 heteroatoms. The van der Waals surface area contributed by atoms with Crippen LogP contribution < -0.4 is 5.32 Å². The van der Waals surface area contributed by atoms with Crippen LogP contribution in [0.2, 0.25) is 5.02 Å². The summed E-state index contributed by atoms with van der Waals surface area (Å²) in [5.74, 6) is -0.202. The van der Waals surface area contributed by atoms with Gasteiger partial charge in [-0.2, -0.15) is 0 Å². The first-order chi connectivity index (χ1) is 12.9. The second-order valence-corrected chi connectivity index (χ2v) is 7.23. The number of nitrogens with one attached hydrogen (secondary N) is 1. The topological polar surface area (TPSA) is 81.5 Å². The maximum absolute atomic E-state index is 11.5. The van der Waals surface area contributed by atoms with Gasteiger partial charge in [-0.3, -0.25) is 14.9 Å². The number of hydrogen-bond acceptors (Lipinski definition) is 5. The van der Waals surface area contributed by atoms with Gasteiger partial charge in [-0.1, -0.05) is 23.7 Å². The van der Waals surface area contributed by atoms with Crippen LogP contribution in [0.4, 0.5) is 11.4 Å². The summed E-state index contributed by atoms with van der Waals surface area (Å²) >= 11 is 6.02. The smallest absolute Gasteiger partial charge is 0.293 e.